The Morgan fingerprint density at radius 3 is 1.81 bits per heavy atom. The molecule has 0 aromatic carbocycles. The van der Waals surface area contributed by atoms with Crippen LogP contribution in [0.2, 0.25) is 0 Å². The first kappa shape index (κ1) is 15.5. The van der Waals surface area contributed by atoms with Crippen LogP contribution in [0.25, 0.3) is 0 Å². The van der Waals surface area contributed by atoms with Gasteiger partial charge >= 0.3 is 0 Å². The molecule has 0 radical (unpaired) electrons. The molecule has 0 saturated heterocycles. The van der Waals surface area contributed by atoms with E-state index >= 15 is 0 Å². The van der Waals surface area contributed by atoms with Crippen LogP contribution in [0.15, 0.2) is 0 Å². The molecular formula is C14H29NO. The lowest BCUT2D eigenvalue weighted by molar-refractivity contribution is -0.142. The number of amides is 1. The summed E-state index contributed by atoms with van der Waals surface area (Å²) in [4.78, 5) is 14.3. The lowest BCUT2D eigenvalue weighted by atomic mass is 9.77. The van der Waals surface area contributed by atoms with Gasteiger partial charge in [0.1, 0.15) is 0 Å². The van der Waals surface area contributed by atoms with Gasteiger partial charge in [-0.1, -0.05) is 34.1 Å². The second-order valence-corrected chi connectivity index (χ2v) is 6.78. The second kappa shape index (κ2) is 5.20. The minimum Gasteiger partial charge on any atom is -0.341 e. The van der Waals surface area contributed by atoms with E-state index in [1.807, 2.05) is 11.9 Å². The molecule has 2 heteroatoms. The van der Waals surface area contributed by atoms with Gasteiger partial charge in [0.15, 0.2) is 0 Å². The summed E-state index contributed by atoms with van der Waals surface area (Å²) in [5.74, 6) is 0.406. The second-order valence-electron chi connectivity index (χ2n) is 6.78. The highest BCUT2D eigenvalue weighted by molar-refractivity contribution is 5.80. The average molecular weight is 227 g/mol. The van der Waals surface area contributed by atoms with Crippen LogP contribution in [0.4, 0.5) is 0 Å². The lowest BCUT2D eigenvalue weighted by Crippen LogP contribution is -2.48. The van der Waals surface area contributed by atoms with E-state index in [1.165, 1.54) is 0 Å². The van der Waals surface area contributed by atoms with Gasteiger partial charge in [-0.25, -0.2) is 0 Å². The highest BCUT2D eigenvalue weighted by atomic mass is 16.2. The van der Waals surface area contributed by atoms with E-state index in [-0.39, 0.29) is 22.8 Å². The monoisotopic (exact) mass is 227 g/mol. The van der Waals surface area contributed by atoms with Gasteiger partial charge in [-0.3, -0.25) is 4.79 Å². The first-order valence-electron chi connectivity index (χ1n) is 6.29. The summed E-state index contributed by atoms with van der Waals surface area (Å²) in [7, 11) is 1.91. The fraction of sp³-hybridized carbons (Fsp3) is 0.929. The zero-order valence-corrected chi connectivity index (χ0v) is 12.3. The molecule has 0 fully saturated rings. The van der Waals surface area contributed by atoms with Gasteiger partial charge in [0.25, 0.3) is 0 Å². The molecule has 0 rings (SSSR count). The van der Waals surface area contributed by atoms with Crippen molar-refractivity contribution in [1.82, 2.24) is 4.90 Å². The minimum atomic E-state index is -0.0890. The Labute approximate surface area is 101 Å². The van der Waals surface area contributed by atoms with Crippen molar-refractivity contribution in [2.45, 2.75) is 66.8 Å². The first-order chi connectivity index (χ1) is 7.01. The molecule has 0 unspecified atom stereocenters. The smallest absolute Gasteiger partial charge is 0.226 e. The van der Waals surface area contributed by atoms with Crippen molar-refractivity contribution >= 4 is 5.91 Å². The predicted octanol–water partition coefficient (Wildman–Crippen LogP) is 3.71. The number of rotatable bonds is 3. The Bertz CT molecular complexity index is 232. The van der Waals surface area contributed by atoms with Gasteiger partial charge < -0.3 is 4.90 Å². The van der Waals surface area contributed by atoms with Gasteiger partial charge in [-0.2, -0.15) is 0 Å². The summed E-state index contributed by atoms with van der Waals surface area (Å²) >= 11 is 0. The first-order valence-corrected chi connectivity index (χ1v) is 6.29. The molecule has 0 bridgehead atoms. The van der Waals surface area contributed by atoms with Crippen molar-refractivity contribution in [3.63, 3.8) is 0 Å². The Morgan fingerprint density at radius 1 is 1.12 bits per heavy atom. The molecule has 0 aliphatic carbocycles. The number of hydrogen-bond donors (Lipinski definition) is 0. The standard InChI is InChI=1S/C14H29NO/c1-9-10-11(13(2,3)4)12(16)15(8)14(5,6)7/h11H,9-10H2,1-8H3/t11-/m1/s1. The zero-order chi connectivity index (χ0) is 13.1. The number of carbonyl (C=O) groups excluding carboxylic acids is 1. The van der Waals surface area contributed by atoms with Crippen LogP contribution in [-0.2, 0) is 4.79 Å². The summed E-state index contributed by atoms with van der Waals surface area (Å²) in [5, 5.41) is 0. The molecule has 96 valence electrons. The molecule has 0 aliphatic heterocycles. The molecule has 0 aromatic rings. The van der Waals surface area contributed by atoms with Crippen LogP contribution < -0.4 is 0 Å². The molecule has 1 atom stereocenters. The Morgan fingerprint density at radius 2 is 1.56 bits per heavy atom. The molecule has 1 amide bonds. The van der Waals surface area contributed by atoms with Crippen molar-refractivity contribution in [2.24, 2.45) is 11.3 Å². The third-order valence-corrected chi connectivity index (χ3v) is 3.26. The maximum absolute atomic E-state index is 12.5. The predicted molar refractivity (Wildman–Crippen MR) is 70.4 cm³/mol. The molecular weight excluding hydrogens is 198 g/mol. The van der Waals surface area contributed by atoms with E-state index in [4.69, 9.17) is 0 Å². The average Bonchev–Trinajstić information content (AvgIpc) is 2.08. The largest absolute Gasteiger partial charge is 0.341 e. The van der Waals surface area contributed by atoms with E-state index in [9.17, 15) is 4.79 Å². The van der Waals surface area contributed by atoms with Gasteiger partial charge in [0, 0.05) is 18.5 Å². The number of nitrogens with zero attached hydrogens (tertiary/aromatic N) is 1. The van der Waals surface area contributed by atoms with Gasteiger partial charge in [-0.15, -0.1) is 0 Å². The van der Waals surface area contributed by atoms with E-state index < -0.39 is 0 Å². The van der Waals surface area contributed by atoms with Gasteiger partial charge in [0.2, 0.25) is 5.91 Å². The summed E-state index contributed by atoms with van der Waals surface area (Å²) < 4.78 is 0. The van der Waals surface area contributed by atoms with Crippen molar-refractivity contribution in [2.75, 3.05) is 7.05 Å². The van der Waals surface area contributed by atoms with E-state index in [0.29, 0.717) is 0 Å². The van der Waals surface area contributed by atoms with E-state index in [0.717, 1.165) is 12.8 Å². The quantitative estimate of drug-likeness (QED) is 0.720. The molecule has 0 saturated carbocycles. The third-order valence-electron chi connectivity index (χ3n) is 3.26. The van der Waals surface area contributed by atoms with Crippen molar-refractivity contribution in [3.05, 3.63) is 0 Å². The molecule has 0 aromatic heterocycles. The Balaban J connectivity index is 4.90. The van der Waals surface area contributed by atoms with Crippen LogP contribution in [0.3, 0.4) is 0 Å². The highest BCUT2D eigenvalue weighted by Gasteiger charge is 2.35. The lowest BCUT2D eigenvalue weighted by Gasteiger charge is -2.39. The van der Waals surface area contributed by atoms with Crippen molar-refractivity contribution in [1.29, 1.82) is 0 Å². The summed E-state index contributed by atoms with van der Waals surface area (Å²) in [6.07, 6.45) is 2.04. The fourth-order valence-corrected chi connectivity index (χ4v) is 1.78. The minimum absolute atomic E-state index is 0.0482. The van der Waals surface area contributed by atoms with Crippen LogP contribution in [0.5, 0.6) is 0 Å². The molecule has 2 nitrogen and oxygen atoms in total. The molecule has 0 aliphatic rings. The summed E-state index contributed by atoms with van der Waals surface area (Å²) in [6.45, 7) is 14.8. The highest BCUT2D eigenvalue weighted by Crippen LogP contribution is 2.32. The molecule has 0 heterocycles. The van der Waals surface area contributed by atoms with E-state index in [2.05, 4.69) is 48.5 Å². The van der Waals surface area contributed by atoms with Crippen LogP contribution in [0.1, 0.15) is 61.3 Å². The van der Waals surface area contributed by atoms with E-state index in [1.54, 1.807) is 0 Å². The molecule has 0 N–H and O–H groups in total. The SMILES string of the molecule is CCC[C@H](C(=O)N(C)C(C)(C)C)C(C)(C)C. The Kier molecular flexibility index (Phi) is 5.03. The number of carbonyl (C=O) groups is 1. The molecule has 0 spiro atoms. The van der Waals surface area contributed by atoms with Gasteiger partial charge in [0.05, 0.1) is 0 Å². The van der Waals surface area contributed by atoms with Crippen LogP contribution in [-0.4, -0.2) is 23.4 Å². The Hall–Kier alpha value is -0.530. The zero-order valence-electron chi connectivity index (χ0n) is 12.3. The van der Waals surface area contributed by atoms with Crippen LogP contribution in [0, 0.1) is 11.3 Å². The summed E-state index contributed by atoms with van der Waals surface area (Å²) in [6, 6.07) is 0. The number of hydrogen-bond acceptors (Lipinski definition) is 1. The topological polar surface area (TPSA) is 20.3 Å². The molecule has 16 heavy (non-hydrogen) atoms. The summed E-state index contributed by atoms with van der Waals surface area (Å²) in [5.41, 5.74) is -0.0407. The normalized spacial score (nSPS) is 14.8. The fourth-order valence-electron chi connectivity index (χ4n) is 1.78. The maximum atomic E-state index is 12.5. The van der Waals surface area contributed by atoms with Crippen molar-refractivity contribution in [3.8, 4) is 0 Å². The van der Waals surface area contributed by atoms with Gasteiger partial charge in [-0.05, 0) is 32.6 Å². The third kappa shape index (κ3) is 4.15. The van der Waals surface area contributed by atoms with Crippen LogP contribution >= 0.6 is 0 Å². The van der Waals surface area contributed by atoms with Crippen molar-refractivity contribution < 1.29 is 4.79 Å². The maximum Gasteiger partial charge on any atom is 0.226 e.